The maximum Gasteiger partial charge on any atom is 0.192 e. The molecular formula is C37H64O5SSi3. The molecule has 0 N–H and O–H groups in total. The molecule has 5 atom stereocenters. The van der Waals surface area contributed by atoms with Crippen LogP contribution in [-0.4, -0.2) is 61.4 Å². The molecule has 260 valence electrons. The van der Waals surface area contributed by atoms with E-state index in [1.807, 2.05) is 6.07 Å². The van der Waals surface area contributed by atoms with E-state index >= 15 is 0 Å². The molecule has 46 heavy (non-hydrogen) atoms. The summed E-state index contributed by atoms with van der Waals surface area (Å²) in [6.07, 6.45) is -1.30. The van der Waals surface area contributed by atoms with E-state index in [9.17, 15) is 0 Å². The van der Waals surface area contributed by atoms with Crippen LogP contribution in [0.25, 0.3) is 0 Å². The van der Waals surface area contributed by atoms with Gasteiger partial charge in [0, 0.05) is 4.90 Å². The molecule has 1 aliphatic heterocycles. The minimum Gasteiger partial charge on any atom is -0.408 e. The lowest BCUT2D eigenvalue weighted by atomic mass is 10.0. The zero-order valence-corrected chi connectivity index (χ0v) is 35.3. The van der Waals surface area contributed by atoms with Crippen molar-refractivity contribution in [2.45, 2.75) is 158 Å². The van der Waals surface area contributed by atoms with Crippen LogP contribution in [0.3, 0.4) is 0 Å². The first-order valence-electron chi connectivity index (χ1n) is 17.0. The zero-order chi connectivity index (χ0) is 34.8. The Hall–Kier alpha value is -0.759. The number of benzene rings is 2. The Kier molecular flexibility index (Phi) is 12.9. The van der Waals surface area contributed by atoms with Gasteiger partial charge < -0.3 is 22.8 Å². The van der Waals surface area contributed by atoms with Gasteiger partial charge in [0.15, 0.2) is 25.0 Å². The van der Waals surface area contributed by atoms with Crippen molar-refractivity contribution in [3.63, 3.8) is 0 Å². The molecule has 5 nitrogen and oxygen atoms in total. The molecule has 0 amide bonds. The first kappa shape index (κ1) is 39.7. The van der Waals surface area contributed by atoms with E-state index in [0.29, 0.717) is 13.2 Å². The lowest BCUT2D eigenvalue weighted by Gasteiger charge is -2.54. The van der Waals surface area contributed by atoms with Crippen molar-refractivity contribution in [2.24, 2.45) is 0 Å². The van der Waals surface area contributed by atoms with Gasteiger partial charge in [-0.3, -0.25) is 0 Å². The first-order chi connectivity index (χ1) is 21.0. The second-order valence-corrected chi connectivity index (χ2v) is 32.9. The summed E-state index contributed by atoms with van der Waals surface area (Å²) in [6.45, 7) is 35.6. The zero-order valence-electron chi connectivity index (χ0n) is 31.5. The van der Waals surface area contributed by atoms with Crippen LogP contribution in [0.2, 0.25) is 54.4 Å². The minimum atomic E-state index is -2.29. The van der Waals surface area contributed by atoms with Crippen LogP contribution in [-0.2, 0) is 29.4 Å². The molecule has 0 bridgehead atoms. The highest BCUT2D eigenvalue weighted by molar-refractivity contribution is 7.99. The van der Waals surface area contributed by atoms with Crippen molar-refractivity contribution < 1.29 is 22.8 Å². The Bertz CT molecular complexity index is 1220. The van der Waals surface area contributed by atoms with Crippen LogP contribution in [0.15, 0.2) is 65.6 Å². The van der Waals surface area contributed by atoms with E-state index in [2.05, 4.69) is 156 Å². The van der Waals surface area contributed by atoms with E-state index in [4.69, 9.17) is 22.8 Å². The Morgan fingerprint density at radius 1 is 0.587 bits per heavy atom. The van der Waals surface area contributed by atoms with Crippen molar-refractivity contribution in [3.05, 3.63) is 66.2 Å². The minimum absolute atomic E-state index is 0.00932. The molecule has 5 unspecified atom stereocenters. The summed E-state index contributed by atoms with van der Waals surface area (Å²) in [5, 5.41) is 0.0348. The maximum atomic E-state index is 7.53. The first-order valence-corrected chi connectivity index (χ1v) is 26.6. The molecule has 0 aliphatic carbocycles. The van der Waals surface area contributed by atoms with Gasteiger partial charge in [0.05, 0.1) is 13.2 Å². The van der Waals surface area contributed by atoms with Gasteiger partial charge in [0.1, 0.15) is 29.9 Å². The molecule has 1 fully saturated rings. The third-order valence-corrected chi connectivity index (χ3v) is 25.3. The fourth-order valence-electron chi connectivity index (χ4n) is 4.56. The van der Waals surface area contributed by atoms with Crippen molar-refractivity contribution in [3.8, 4) is 0 Å². The van der Waals surface area contributed by atoms with Crippen molar-refractivity contribution in [2.75, 3.05) is 6.61 Å². The van der Waals surface area contributed by atoms with Gasteiger partial charge in [-0.25, -0.2) is 0 Å². The Morgan fingerprint density at radius 2 is 1.00 bits per heavy atom. The molecule has 0 aromatic heterocycles. The fourth-order valence-corrected chi connectivity index (χ4v) is 9.70. The van der Waals surface area contributed by atoms with Crippen molar-refractivity contribution in [1.29, 1.82) is 0 Å². The second-order valence-electron chi connectivity index (χ2n) is 17.5. The van der Waals surface area contributed by atoms with Crippen LogP contribution in [0, 0.1) is 0 Å². The van der Waals surface area contributed by atoms with Gasteiger partial charge in [0.2, 0.25) is 0 Å². The summed E-state index contributed by atoms with van der Waals surface area (Å²) < 4.78 is 36.0. The van der Waals surface area contributed by atoms with Crippen molar-refractivity contribution >= 4 is 36.7 Å². The van der Waals surface area contributed by atoms with Gasteiger partial charge in [-0.2, -0.15) is 0 Å². The van der Waals surface area contributed by atoms with Gasteiger partial charge >= 0.3 is 0 Å². The topological polar surface area (TPSA) is 46.2 Å². The van der Waals surface area contributed by atoms with Gasteiger partial charge in [-0.1, -0.05) is 123 Å². The molecule has 1 heterocycles. The molecule has 3 rings (SSSR count). The molecule has 2 aromatic carbocycles. The number of ether oxygens (including phenoxy) is 2. The predicted molar refractivity (Wildman–Crippen MR) is 203 cm³/mol. The molecule has 1 saturated heterocycles. The Labute approximate surface area is 289 Å². The molecule has 9 heteroatoms. The lowest BCUT2D eigenvalue weighted by Crippen LogP contribution is -2.67. The summed E-state index contributed by atoms with van der Waals surface area (Å²) >= 11 is 1.73. The van der Waals surface area contributed by atoms with Gasteiger partial charge in [-0.05, 0) is 72.1 Å². The average molecular weight is 705 g/mol. The van der Waals surface area contributed by atoms with E-state index in [0.717, 1.165) is 10.5 Å². The van der Waals surface area contributed by atoms with Crippen LogP contribution in [0.4, 0.5) is 0 Å². The third kappa shape index (κ3) is 10.1. The highest BCUT2D eigenvalue weighted by atomic mass is 32.2. The number of hydrogen-bond donors (Lipinski definition) is 0. The molecule has 0 saturated carbocycles. The summed E-state index contributed by atoms with van der Waals surface area (Å²) in [5.74, 6) is 0. The second kappa shape index (κ2) is 15.0. The SMILES string of the molecule is CC(C)(C)[Si](C)(C)OC1C(COCc2ccccc2)OC(Sc2ccccc2)C(O[Si](C)(C)C(C)(C)C)C1O[Si](C)(C)C(C)(C)C. The van der Waals surface area contributed by atoms with E-state index in [1.165, 1.54) is 0 Å². The van der Waals surface area contributed by atoms with Gasteiger partial charge in [-0.15, -0.1) is 0 Å². The molecule has 0 radical (unpaired) electrons. The van der Waals surface area contributed by atoms with Crippen molar-refractivity contribution in [1.82, 2.24) is 0 Å². The Morgan fingerprint density at radius 3 is 1.46 bits per heavy atom. The normalized spacial score (nSPS) is 23.8. The number of thioether (sulfide) groups is 1. The lowest BCUT2D eigenvalue weighted by molar-refractivity contribution is -0.198. The average Bonchev–Trinajstić information content (AvgIpc) is 2.91. The summed E-state index contributed by atoms with van der Waals surface area (Å²) in [6, 6.07) is 20.9. The molecule has 0 spiro atoms. The van der Waals surface area contributed by atoms with E-state index in [-0.39, 0.29) is 45.0 Å². The van der Waals surface area contributed by atoms with Crippen LogP contribution in [0.5, 0.6) is 0 Å². The Balaban J connectivity index is 2.17. The van der Waals surface area contributed by atoms with Gasteiger partial charge in [0.25, 0.3) is 0 Å². The predicted octanol–water partition coefficient (Wildman–Crippen LogP) is 10.9. The molecule has 1 aliphatic rings. The highest BCUT2D eigenvalue weighted by Crippen LogP contribution is 2.48. The van der Waals surface area contributed by atoms with Crippen LogP contribution in [0.1, 0.15) is 67.9 Å². The monoisotopic (exact) mass is 704 g/mol. The third-order valence-electron chi connectivity index (χ3n) is 10.7. The molecular weight excluding hydrogens is 641 g/mol. The summed E-state index contributed by atoms with van der Waals surface area (Å²) in [5.41, 5.74) is 0.847. The van der Waals surface area contributed by atoms with E-state index < -0.39 is 25.0 Å². The molecule has 2 aromatic rings. The van der Waals surface area contributed by atoms with Crippen LogP contribution >= 0.6 is 11.8 Å². The highest BCUT2D eigenvalue weighted by Gasteiger charge is 2.56. The van der Waals surface area contributed by atoms with E-state index in [1.54, 1.807) is 11.8 Å². The summed E-state index contributed by atoms with van der Waals surface area (Å²) in [7, 11) is -6.82. The standard InChI is InChI=1S/C37H64O5SSi3/c1-35(2,3)44(10,11)40-31-30(27-38-26-28-22-18-16-19-23-28)39-34(43-29-24-20-17-21-25-29)33(42-46(14,15)37(7,8)9)32(31)41-45(12,13)36(4,5)6/h16-25,30-34H,26-27H2,1-15H3. The number of rotatable bonds is 12. The fraction of sp³-hybridized carbons (Fsp3) is 0.676. The number of hydrogen-bond acceptors (Lipinski definition) is 6. The largest absolute Gasteiger partial charge is 0.408 e. The smallest absolute Gasteiger partial charge is 0.192 e. The quantitative estimate of drug-likeness (QED) is 0.205. The van der Waals surface area contributed by atoms with Crippen LogP contribution < -0.4 is 0 Å². The maximum absolute atomic E-state index is 7.53. The summed E-state index contributed by atoms with van der Waals surface area (Å²) in [4.78, 5) is 1.15.